The van der Waals surface area contributed by atoms with E-state index in [0.717, 1.165) is 3.97 Å². The zero-order valence-corrected chi connectivity index (χ0v) is 12.2. The molecule has 0 spiro atoms. The van der Waals surface area contributed by atoms with Gasteiger partial charge in [0, 0.05) is 17.6 Å². The first-order valence-electron chi connectivity index (χ1n) is 5.97. The summed E-state index contributed by atoms with van der Waals surface area (Å²) < 4.78 is 26.5. The summed E-state index contributed by atoms with van der Waals surface area (Å²) in [6, 6.07) is 10.8. The Morgan fingerprint density at radius 3 is 2.52 bits per heavy atom. The molecule has 1 aromatic carbocycles. The van der Waals surface area contributed by atoms with Crippen LogP contribution in [0.2, 0.25) is 5.15 Å². The molecule has 0 radical (unpaired) electrons. The van der Waals surface area contributed by atoms with Crippen molar-refractivity contribution in [3.63, 3.8) is 0 Å². The number of hydrogen-bond donors (Lipinski definition) is 0. The Kier molecular flexibility index (Phi) is 3.27. The molecule has 0 saturated carbocycles. The summed E-state index contributed by atoms with van der Waals surface area (Å²) in [6.07, 6.45) is 1.93. The lowest BCUT2D eigenvalue weighted by Crippen LogP contribution is -2.15. The van der Waals surface area contributed by atoms with Gasteiger partial charge in [-0.05, 0) is 18.2 Å². The molecule has 7 heteroatoms. The zero-order valence-electron chi connectivity index (χ0n) is 10.6. The van der Waals surface area contributed by atoms with E-state index in [2.05, 4.69) is 4.98 Å². The van der Waals surface area contributed by atoms with Crippen LogP contribution in [0.15, 0.2) is 53.6 Å². The number of fused-ring (bicyclic) bond motifs is 1. The zero-order chi connectivity index (χ0) is 15.0. The Morgan fingerprint density at radius 1 is 1.14 bits per heavy atom. The maximum atomic E-state index is 12.7. The number of aromatic nitrogens is 2. The average molecular weight is 321 g/mol. The molecule has 0 aliphatic carbocycles. The molecule has 0 aliphatic rings. The van der Waals surface area contributed by atoms with Crippen LogP contribution >= 0.6 is 11.6 Å². The van der Waals surface area contributed by atoms with Gasteiger partial charge < -0.3 is 0 Å². The van der Waals surface area contributed by atoms with Gasteiger partial charge in [0.25, 0.3) is 10.0 Å². The lowest BCUT2D eigenvalue weighted by atomic mass is 10.3. The van der Waals surface area contributed by atoms with Crippen molar-refractivity contribution < 1.29 is 13.2 Å². The highest BCUT2D eigenvalue weighted by molar-refractivity contribution is 7.90. The van der Waals surface area contributed by atoms with E-state index >= 15 is 0 Å². The Bertz CT molecular complexity index is 934. The number of benzene rings is 1. The van der Waals surface area contributed by atoms with Crippen molar-refractivity contribution in [2.75, 3.05) is 0 Å². The molecule has 3 rings (SSSR count). The summed E-state index contributed by atoms with van der Waals surface area (Å²) in [6.45, 7) is 0. The fraction of sp³-hybridized carbons (Fsp3) is 0. The predicted molar refractivity (Wildman–Crippen MR) is 79.2 cm³/mol. The van der Waals surface area contributed by atoms with Crippen LogP contribution in [-0.2, 0) is 10.0 Å². The monoisotopic (exact) mass is 320 g/mol. The van der Waals surface area contributed by atoms with Gasteiger partial charge in [0.2, 0.25) is 0 Å². The van der Waals surface area contributed by atoms with E-state index in [4.69, 9.17) is 11.6 Å². The minimum absolute atomic E-state index is 0.0259. The molecular formula is C14H9ClN2O3S. The highest BCUT2D eigenvalue weighted by Gasteiger charge is 2.23. The van der Waals surface area contributed by atoms with Crippen LogP contribution in [0.3, 0.4) is 0 Å². The maximum Gasteiger partial charge on any atom is 0.268 e. The van der Waals surface area contributed by atoms with Crippen molar-refractivity contribution in [2.45, 2.75) is 4.90 Å². The summed E-state index contributed by atoms with van der Waals surface area (Å²) in [7, 11) is -3.88. The molecule has 0 atom stereocenters. The molecule has 5 nitrogen and oxygen atoms in total. The largest absolute Gasteiger partial charge is 0.296 e. The Labute approximate surface area is 125 Å². The van der Waals surface area contributed by atoms with Crippen LogP contribution in [0.1, 0.15) is 10.5 Å². The summed E-state index contributed by atoms with van der Waals surface area (Å²) in [5.74, 6) is 0. The predicted octanol–water partition coefficient (Wildman–Crippen LogP) is 2.74. The molecule has 106 valence electrons. The van der Waals surface area contributed by atoms with E-state index in [-0.39, 0.29) is 15.7 Å². The van der Waals surface area contributed by atoms with Crippen molar-refractivity contribution in [3.05, 3.63) is 59.5 Å². The van der Waals surface area contributed by atoms with E-state index in [1.807, 2.05) is 0 Å². The number of pyridine rings is 1. The standard InChI is InChI=1S/C14H9ClN2O3S/c15-14-7-13-10(8-16-14)6-11(9-18)17(13)21(19,20)12-4-2-1-3-5-12/h1-9H. The molecule has 3 aromatic rings. The summed E-state index contributed by atoms with van der Waals surface area (Å²) in [4.78, 5) is 15.2. The highest BCUT2D eigenvalue weighted by atomic mass is 35.5. The lowest BCUT2D eigenvalue weighted by molar-refractivity contribution is 0.111. The van der Waals surface area contributed by atoms with Gasteiger partial charge in [-0.1, -0.05) is 29.8 Å². The fourth-order valence-corrected chi connectivity index (χ4v) is 3.78. The number of carbonyl (C=O) groups is 1. The molecule has 0 fully saturated rings. The number of halogens is 1. The lowest BCUT2D eigenvalue weighted by Gasteiger charge is -2.09. The number of carbonyl (C=O) groups excluding carboxylic acids is 1. The quantitative estimate of drug-likeness (QED) is 0.549. The second-order valence-corrected chi connectivity index (χ2v) is 6.51. The Morgan fingerprint density at radius 2 is 1.86 bits per heavy atom. The van der Waals surface area contributed by atoms with Crippen LogP contribution in [-0.4, -0.2) is 23.7 Å². The molecule has 0 aliphatic heterocycles. The first kappa shape index (κ1) is 13.8. The smallest absolute Gasteiger partial charge is 0.268 e. The van der Waals surface area contributed by atoms with Gasteiger partial charge in [0.15, 0.2) is 6.29 Å². The van der Waals surface area contributed by atoms with Crippen LogP contribution < -0.4 is 0 Å². The maximum absolute atomic E-state index is 12.7. The summed E-state index contributed by atoms with van der Waals surface area (Å²) in [5.41, 5.74) is 0.346. The average Bonchev–Trinajstić information content (AvgIpc) is 2.86. The van der Waals surface area contributed by atoms with Crippen molar-refractivity contribution in [1.82, 2.24) is 8.96 Å². The second-order valence-electron chi connectivity index (χ2n) is 4.34. The highest BCUT2D eigenvalue weighted by Crippen LogP contribution is 2.26. The van der Waals surface area contributed by atoms with Gasteiger partial charge >= 0.3 is 0 Å². The van der Waals surface area contributed by atoms with Gasteiger partial charge in [-0.15, -0.1) is 0 Å². The molecule has 0 saturated heterocycles. The number of hydrogen-bond acceptors (Lipinski definition) is 4. The molecule has 2 aromatic heterocycles. The van der Waals surface area contributed by atoms with Gasteiger partial charge in [0.05, 0.1) is 16.1 Å². The Balaban J connectivity index is 2.38. The normalized spacial score (nSPS) is 11.7. The number of nitrogens with zero attached hydrogens (tertiary/aromatic N) is 2. The minimum Gasteiger partial charge on any atom is -0.296 e. The summed E-state index contributed by atoms with van der Waals surface area (Å²) >= 11 is 5.83. The van der Waals surface area contributed by atoms with Crippen molar-refractivity contribution in [1.29, 1.82) is 0 Å². The van der Waals surface area contributed by atoms with Crippen molar-refractivity contribution in [3.8, 4) is 0 Å². The van der Waals surface area contributed by atoms with Crippen LogP contribution in [0, 0.1) is 0 Å². The summed E-state index contributed by atoms with van der Waals surface area (Å²) in [5, 5.41) is 0.684. The van der Waals surface area contributed by atoms with E-state index in [0.29, 0.717) is 17.2 Å². The first-order chi connectivity index (χ1) is 10.0. The van der Waals surface area contributed by atoms with E-state index in [9.17, 15) is 13.2 Å². The molecule has 0 bridgehead atoms. The number of rotatable bonds is 3. The van der Waals surface area contributed by atoms with Gasteiger partial charge in [-0.2, -0.15) is 0 Å². The van der Waals surface area contributed by atoms with E-state index in [1.54, 1.807) is 18.2 Å². The number of aldehydes is 1. The Hall–Kier alpha value is -2.18. The molecular weight excluding hydrogens is 312 g/mol. The molecule has 0 amide bonds. The SMILES string of the molecule is O=Cc1cc2cnc(Cl)cc2n1S(=O)(=O)c1ccccc1. The van der Waals surface area contributed by atoms with Gasteiger partial charge in [-0.3, -0.25) is 4.79 Å². The second kappa shape index (κ2) is 4.98. The van der Waals surface area contributed by atoms with E-state index < -0.39 is 10.0 Å². The molecule has 0 N–H and O–H groups in total. The molecule has 0 unspecified atom stereocenters. The van der Waals surface area contributed by atoms with Gasteiger partial charge in [0.1, 0.15) is 5.15 Å². The first-order valence-corrected chi connectivity index (χ1v) is 7.78. The van der Waals surface area contributed by atoms with Crippen LogP contribution in [0.4, 0.5) is 0 Å². The van der Waals surface area contributed by atoms with Crippen LogP contribution in [0.5, 0.6) is 0 Å². The third-order valence-corrected chi connectivity index (χ3v) is 5.00. The van der Waals surface area contributed by atoms with Crippen molar-refractivity contribution >= 4 is 38.8 Å². The molecule has 21 heavy (non-hydrogen) atoms. The fourth-order valence-electron chi connectivity index (χ4n) is 2.12. The molecule has 2 heterocycles. The van der Waals surface area contributed by atoms with Crippen molar-refractivity contribution in [2.24, 2.45) is 0 Å². The van der Waals surface area contributed by atoms with Crippen LogP contribution in [0.25, 0.3) is 10.9 Å². The third-order valence-electron chi connectivity index (χ3n) is 3.04. The van der Waals surface area contributed by atoms with E-state index in [1.165, 1.54) is 30.5 Å². The topological polar surface area (TPSA) is 69.0 Å². The minimum atomic E-state index is -3.88. The van der Waals surface area contributed by atoms with Gasteiger partial charge in [-0.25, -0.2) is 17.4 Å². The third kappa shape index (κ3) is 2.22.